The molecule has 3 heterocycles. The van der Waals surface area contributed by atoms with Crippen LogP contribution < -0.4 is 10.6 Å². The molecule has 1 atom stereocenters. The summed E-state index contributed by atoms with van der Waals surface area (Å²) < 4.78 is 11.6. The highest BCUT2D eigenvalue weighted by molar-refractivity contribution is 14.0. The summed E-state index contributed by atoms with van der Waals surface area (Å²) in [6, 6.07) is 4.31. The van der Waals surface area contributed by atoms with Gasteiger partial charge in [0.2, 0.25) is 0 Å². The molecule has 0 aliphatic carbocycles. The topological polar surface area (TPSA) is 65.3 Å². The highest BCUT2D eigenvalue weighted by Gasteiger charge is 2.28. The fourth-order valence-electron chi connectivity index (χ4n) is 4.34. The number of aryl methyl sites for hydroxylation is 1. The van der Waals surface area contributed by atoms with Crippen LogP contribution in [0.2, 0.25) is 0 Å². The standard InChI is InChI=1S/C23H41N5O2.HI/c1-5-24-22(26-18-23(3,4)28-11-7-6-8-12-28)25-17-20(21-10-9-19(2)30-21)27-13-15-29-16-14-27;/h9-10,20H,5-8,11-18H2,1-4H3,(H2,24,25,26);1H. The molecule has 3 rings (SSSR count). The molecule has 7 nitrogen and oxygen atoms in total. The molecular formula is C23H42IN5O2. The lowest BCUT2D eigenvalue weighted by Gasteiger charge is -2.40. The molecule has 31 heavy (non-hydrogen) atoms. The molecule has 8 heteroatoms. The number of halogens is 1. The number of aliphatic imine (C=N–C) groups is 1. The zero-order valence-corrected chi connectivity index (χ0v) is 22.1. The monoisotopic (exact) mass is 547 g/mol. The highest BCUT2D eigenvalue weighted by Crippen LogP contribution is 2.24. The number of rotatable bonds is 8. The number of ether oxygens (including phenoxy) is 1. The molecule has 0 aromatic carbocycles. The van der Waals surface area contributed by atoms with Gasteiger partial charge in [-0.1, -0.05) is 6.42 Å². The van der Waals surface area contributed by atoms with Crippen LogP contribution in [0.1, 0.15) is 57.6 Å². The van der Waals surface area contributed by atoms with Crippen molar-refractivity contribution in [2.24, 2.45) is 4.99 Å². The molecule has 1 aromatic heterocycles. The van der Waals surface area contributed by atoms with Gasteiger partial charge in [0.05, 0.1) is 25.8 Å². The van der Waals surface area contributed by atoms with Crippen molar-refractivity contribution in [3.8, 4) is 0 Å². The van der Waals surface area contributed by atoms with E-state index in [-0.39, 0.29) is 35.6 Å². The molecule has 1 unspecified atom stereocenters. The molecule has 1 aromatic rings. The Kier molecular flexibility index (Phi) is 11.1. The maximum atomic E-state index is 6.00. The summed E-state index contributed by atoms with van der Waals surface area (Å²) in [5.41, 5.74) is 0.0739. The van der Waals surface area contributed by atoms with Crippen molar-refractivity contribution >= 4 is 29.9 Å². The second-order valence-corrected chi connectivity index (χ2v) is 9.05. The molecule has 2 aliphatic rings. The number of piperidine rings is 1. The Labute approximate surface area is 205 Å². The molecule has 0 amide bonds. The van der Waals surface area contributed by atoms with Gasteiger partial charge < -0.3 is 19.8 Å². The van der Waals surface area contributed by atoms with Crippen molar-refractivity contribution in [1.29, 1.82) is 0 Å². The zero-order chi connectivity index (χ0) is 21.4. The summed E-state index contributed by atoms with van der Waals surface area (Å²) >= 11 is 0. The molecule has 2 fully saturated rings. The lowest BCUT2D eigenvalue weighted by molar-refractivity contribution is 0.0124. The van der Waals surface area contributed by atoms with Crippen molar-refractivity contribution in [3.05, 3.63) is 23.7 Å². The van der Waals surface area contributed by atoms with Gasteiger partial charge in [-0.25, -0.2) is 0 Å². The first-order valence-electron chi connectivity index (χ1n) is 11.6. The maximum Gasteiger partial charge on any atom is 0.191 e. The van der Waals surface area contributed by atoms with E-state index in [9.17, 15) is 0 Å². The Morgan fingerprint density at radius 1 is 1.10 bits per heavy atom. The van der Waals surface area contributed by atoms with Crippen LogP contribution in [-0.4, -0.2) is 80.3 Å². The summed E-state index contributed by atoms with van der Waals surface area (Å²) in [4.78, 5) is 9.98. The van der Waals surface area contributed by atoms with Gasteiger partial charge in [0.15, 0.2) is 5.96 Å². The lowest BCUT2D eigenvalue weighted by Crippen LogP contribution is -2.50. The summed E-state index contributed by atoms with van der Waals surface area (Å²) in [6.45, 7) is 16.9. The van der Waals surface area contributed by atoms with Crippen LogP contribution in [0, 0.1) is 6.92 Å². The minimum absolute atomic E-state index is 0. The fraction of sp³-hybridized carbons (Fsp3) is 0.783. The van der Waals surface area contributed by atoms with Crippen LogP contribution in [0.5, 0.6) is 0 Å². The number of nitrogens with one attached hydrogen (secondary N) is 2. The smallest absolute Gasteiger partial charge is 0.191 e. The van der Waals surface area contributed by atoms with Crippen LogP contribution in [0.15, 0.2) is 21.5 Å². The van der Waals surface area contributed by atoms with Gasteiger partial charge in [-0.15, -0.1) is 24.0 Å². The first-order chi connectivity index (χ1) is 14.5. The van der Waals surface area contributed by atoms with Crippen LogP contribution in [-0.2, 0) is 4.74 Å². The van der Waals surface area contributed by atoms with Gasteiger partial charge >= 0.3 is 0 Å². The zero-order valence-electron chi connectivity index (χ0n) is 19.8. The van der Waals surface area contributed by atoms with E-state index >= 15 is 0 Å². The molecule has 0 radical (unpaired) electrons. The lowest BCUT2D eigenvalue weighted by atomic mass is 9.99. The first kappa shape index (κ1) is 26.4. The molecule has 2 aliphatic heterocycles. The van der Waals surface area contributed by atoms with Crippen LogP contribution in [0.25, 0.3) is 0 Å². The van der Waals surface area contributed by atoms with Crippen molar-refractivity contribution in [3.63, 3.8) is 0 Å². The summed E-state index contributed by atoms with van der Waals surface area (Å²) in [6.07, 6.45) is 3.96. The number of morpholine rings is 1. The van der Waals surface area contributed by atoms with E-state index < -0.39 is 0 Å². The van der Waals surface area contributed by atoms with E-state index in [1.807, 2.05) is 13.0 Å². The minimum atomic E-state index is 0. The van der Waals surface area contributed by atoms with Gasteiger partial charge in [-0.3, -0.25) is 14.8 Å². The normalized spacial score (nSPS) is 20.2. The molecule has 2 saturated heterocycles. The molecule has 0 spiro atoms. The van der Waals surface area contributed by atoms with Crippen molar-refractivity contribution in [2.75, 3.05) is 59.0 Å². The van der Waals surface area contributed by atoms with Crippen molar-refractivity contribution in [1.82, 2.24) is 20.4 Å². The SMILES string of the molecule is CCNC(=NCC(C)(C)N1CCCCC1)NCC(c1ccc(C)o1)N1CCOCC1.I. The average molecular weight is 548 g/mol. The number of guanidine groups is 1. The molecule has 178 valence electrons. The van der Waals surface area contributed by atoms with E-state index in [1.165, 1.54) is 32.4 Å². The van der Waals surface area contributed by atoms with Gasteiger partial charge in [0.1, 0.15) is 11.5 Å². The maximum absolute atomic E-state index is 6.00. The first-order valence-corrected chi connectivity index (χ1v) is 11.6. The average Bonchev–Trinajstić information content (AvgIpc) is 3.19. The Hall–Kier alpha value is -0.840. The van der Waals surface area contributed by atoms with E-state index in [4.69, 9.17) is 14.1 Å². The summed E-state index contributed by atoms with van der Waals surface area (Å²) in [7, 11) is 0. The molecular weight excluding hydrogens is 505 g/mol. The van der Waals surface area contributed by atoms with Gasteiger partial charge in [0.25, 0.3) is 0 Å². The van der Waals surface area contributed by atoms with Crippen molar-refractivity contribution < 1.29 is 9.15 Å². The third kappa shape index (κ3) is 7.91. The Bertz CT molecular complexity index is 667. The van der Waals surface area contributed by atoms with Gasteiger partial charge in [0, 0.05) is 31.7 Å². The van der Waals surface area contributed by atoms with Crippen LogP contribution in [0.4, 0.5) is 0 Å². The third-order valence-electron chi connectivity index (χ3n) is 6.22. The Balaban J connectivity index is 0.00000341. The Morgan fingerprint density at radius 3 is 2.42 bits per heavy atom. The van der Waals surface area contributed by atoms with Gasteiger partial charge in [-0.05, 0) is 65.8 Å². The van der Waals surface area contributed by atoms with E-state index in [2.05, 4.69) is 47.3 Å². The minimum Gasteiger partial charge on any atom is -0.465 e. The molecule has 2 N–H and O–H groups in total. The summed E-state index contributed by atoms with van der Waals surface area (Å²) in [5.74, 6) is 2.84. The molecule has 0 bridgehead atoms. The second-order valence-electron chi connectivity index (χ2n) is 9.05. The van der Waals surface area contributed by atoms with Gasteiger partial charge in [-0.2, -0.15) is 0 Å². The second kappa shape index (κ2) is 13.0. The predicted octanol–water partition coefficient (Wildman–Crippen LogP) is 3.40. The van der Waals surface area contributed by atoms with Crippen LogP contribution in [0.3, 0.4) is 0 Å². The number of nitrogens with zero attached hydrogens (tertiary/aromatic N) is 3. The Morgan fingerprint density at radius 2 is 1.81 bits per heavy atom. The van der Waals surface area contributed by atoms with E-state index in [1.54, 1.807) is 0 Å². The number of hydrogen-bond donors (Lipinski definition) is 2. The van der Waals surface area contributed by atoms with Crippen molar-refractivity contribution in [2.45, 2.75) is 58.5 Å². The number of hydrogen-bond acceptors (Lipinski definition) is 5. The highest BCUT2D eigenvalue weighted by atomic mass is 127. The predicted molar refractivity (Wildman–Crippen MR) is 137 cm³/mol. The number of furan rings is 1. The fourth-order valence-corrected chi connectivity index (χ4v) is 4.34. The molecule has 0 saturated carbocycles. The van der Waals surface area contributed by atoms with E-state index in [0.717, 1.165) is 63.4 Å². The number of likely N-dealkylation sites (tertiary alicyclic amines) is 1. The largest absolute Gasteiger partial charge is 0.465 e. The quantitative estimate of drug-likeness (QED) is 0.296. The van der Waals surface area contributed by atoms with Crippen LogP contribution >= 0.6 is 24.0 Å². The van der Waals surface area contributed by atoms with E-state index in [0.29, 0.717) is 0 Å². The third-order valence-corrected chi connectivity index (χ3v) is 6.22. The summed E-state index contributed by atoms with van der Waals surface area (Å²) in [5, 5.41) is 7.00.